The van der Waals surface area contributed by atoms with E-state index in [1.165, 1.54) is 6.92 Å². The molecule has 0 saturated carbocycles. The number of aromatic nitrogens is 3. The van der Waals surface area contributed by atoms with E-state index in [0.29, 0.717) is 16.6 Å². The number of Topliss-reactive ketones (excluding diaryl/α,β-unsaturated/α-hetero) is 1. The van der Waals surface area contributed by atoms with E-state index < -0.39 is 0 Å². The molecule has 0 saturated heterocycles. The van der Waals surface area contributed by atoms with Gasteiger partial charge in [-0.2, -0.15) is 15.4 Å². The molecular formula is C12H15N3O2. The molecule has 1 aromatic heterocycles. The summed E-state index contributed by atoms with van der Waals surface area (Å²) >= 11 is 0. The summed E-state index contributed by atoms with van der Waals surface area (Å²) in [5.41, 5.74) is 2.17. The highest BCUT2D eigenvalue weighted by atomic mass is 16.3. The fourth-order valence-corrected chi connectivity index (χ4v) is 1.98. The van der Waals surface area contributed by atoms with Crippen LogP contribution in [0.4, 0.5) is 0 Å². The summed E-state index contributed by atoms with van der Waals surface area (Å²) in [6.07, 6.45) is 2.78. The minimum Gasteiger partial charge on any atom is -0.505 e. The maximum absolute atomic E-state index is 11.6. The quantitative estimate of drug-likeness (QED) is 0.793. The number of aromatic amines is 1. The Morgan fingerprint density at radius 1 is 1.47 bits per heavy atom. The zero-order valence-corrected chi connectivity index (χ0v) is 9.95. The Hall–Kier alpha value is -1.91. The second-order valence-electron chi connectivity index (χ2n) is 4.11. The number of nitrogens with zero attached hydrogens (tertiary/aromatic N) is 2. The number of aromatic hydroxyl groups is 1. The first-order valence-electron chi connectivity index (χ1n) is 5.71. The van der Waals surface area contributed by atoms with Gasteiger partial charge in [-0.25, -0.2) is 0 Å². The van der Waals surface area contributed by atoms with E-state index in [0.717, 1.165) is 24.8 Å². The zero-order valence-electron chi connectivity index (χ0n) is 9.95. The van der Waals surface area contributed by atoms with E-state index in [1.54, 1.807) is 0 Å². The number of nitrogens with one attached hydrogen (secondary N) is 1. The number of phenolic OH excluding ortho intramolecular Hbond substituents is 1. The van der Waals surface area contributed by atoms with Crippen LogP contribution in [-0.4, -0.2) is 26.3 Å². The molecule has 1 aromatic carbocycles. The van der Waals surface area contributed by atoms with Crippen molar-refractivity contribution in [2.45, 2.75) is 33.1 Å². The average molecular weight is 233 g/mol. The second-order valence-corrected chi connectivity index (χ2v) is 4.11. The number of carbonyl (C=O) groups is 1. The lowest BCUT2D eigenvalue weighted by Gasteiger charge is -2.08. The normalized spacial score (nSPS) is 10.9. The van der Waals surface area contributed by atoms with Crippen LogP contribution >= 0.6 is 0 Å². The Morgan fingerprint density at radius 2 is 2.24 bits per heavy atom. The molecule has 2 rings (SSSR count). The highest BCUT2D eigenvalue weighted by Gasteiger charge is 2.18. The van der Waals surface area contributed by atoms with Crippen LogP contribution in [0.25, 0.3) is 11.0 Å². The van der Waals surface area contributed by atoms with Gasteiger partial charge in [-0.3, -0.25) is 4.79 Å². The Bertz CT molecular complexity index is 560. The summed E-state index contributed by atoms with van der Waals surface area (Å²) < 4.78 is 0. The number of aryl methyl sites for hydroxylation is 1. The average Bonchev–Trinajstić information content (AvgIpc) is 2.74. The van der Waals surface area contributed by atoms with Crippen molar-refractivity contribution in [2.75, 3.05) is 0 Å². The lowest BCUT2D eigenvalue weighted by Crippen LogP contribution is -2.01. The molecule has 17 heavy (non-hydrogen) atoms. The van der Waals surface area contributed by atoms with Crippen molar-refractivity contribution in [3.63, 3.8) is 0 Å². The van der Waals surface area contributed by atoms with E-state index in [2.05, 4.69) is 22.3 Å². The number of fused-ring (bicyclic) bond motifs is 1. The topological polar surface area (TPSA) is 78.9 Å². The number of H-pyrrole nitrogens is 1. The standard InChI is InChI=1S/C12H15N3O2/c1-3-4-5-8-6-9-11(14-15-13-9)12(17)10(8)7(2)16/h6,17H,3-5H2,1-2H3,(H,13,14,15). The Balaban J connectivity index is 2.62. The predicted octanol–water partition coefficient (Wildman–Crippen LogP) is 2.21. The van der Waals surface area contributed by atoms with Crippen LogP contribution in [0.15, 0.2) is 6.07 Å². The van der Waals surface area contributed by atoms with Crippen molar-refractivity contribution in [2.24, 2.45) is 0 Å². The van der Waals surface area contributed by atoms with Crippen LogP contribution in [0.3, 0.4) is 0 Å². The summed E-state index contributed by atoms with van der Waals surface area (Å²) in [5, 5.41) is 20.3. The molecule has 0 bridgehead atoms. The van der Waals surface area contributed by atoms with Gasteiger partial charge in [0.15, 0.2) is 17.0 Å². The molecule has 5 nitrogen and oxygen atoms in total. The number of ketones is 1. The third-order valence-electron chi connectivity index (χ3n) is 2.82. The van der Waals surface area contributed by atoms with E-state index in [1.807, 2.05) is 6.07 Å². The van der Waals surface area contributed by atoms with Crippen molar-refractivity contribution >= 4 is 16.8 Å². The molecule has 0 atom stereocenters. The molecule has 2 aromatic rings. The van der Waals surface area contributed by atoms with Crippen molar-refractivity contribution in [3.8, 4) is 5.75 Å². The Morgan fingerprint density at radius 3 is 2.88 bits per heavy atom. The highest BCUT2D eigenvalue weighted by Crippen LogP contribution is 2.30. The third kappa shape index (κ3) is 2.00. The fourth-order valence-electron chi connectivity index (χ4n) is 1.98. The van der Waals surface area contributed by atoms with Gasteiger partial charge < -0.3 is 5.11 Å². The van der Waals surface area contributed by atoms with Crippen LogP contribution < -0.4 is 0 Å². The molecular weight excluding hydrogens is 218 g/mol. The molecule has 0 spiro atoms. The lowest BCUT2D eigenvalue weighted by atomic mass is 9.97. The van der Waals surface area contributed by atoms with Crippen LogP contribution in [0, 0.1) is 0 Å². The van der Waals surface area contributed by atoms with Gasteiger partial charge in [-0.1, -0.05) is 13.3 Å². The second kappa shape index (κ2) is 4.53. The smallest absolute Gasteiger partial charge is 0.163 e. The minimum atomic E-state index is -0.140. The van der Waals surface area contributed by atoms with Gasteiger partial charge in [0.1, 0.15) is 5.52 Å². The third-order valence-corrected chi connectivity index (χ3v) is 2.82. The Labute approximate surface area is 98.8 Å². The first-order valence-corrected chi connectivity index (χ1v) is 5.71. The van der Waals surface area contributed by atoms with Gasteiger partial charge in [0.25, 0.3) is 0 Å². The van der Waals surface area contributed by atoms with Gasteiger partial charge in [-0.05, 0) is 31.4 Å². The maximum Gasteiger partial charge on any atom is 0.163 e. The van der Waals surface area contributed by atoms with Crippen LogP contribution in [0.2, 0.25) is 0 Å². The van der Waals surface area contributed by atoms with Gasteiger partial charge in [0, 0.05) is 0 Å². The number of unbranched alkanes of at least 4 members (excludes halogenated alkanes) is 1. The molecule has 0 radical (unpaired) electrons. The maximum atomic E-state index is 11.6. The van der Waals surface area contributed by atoms with E-state index in [9.17, 15) is 9.90 Å². The van der Waals surface area contributed by atoms with Crippen molar-refractivity contribution in [1.82, 2.24) is 15.4 Å². The minimum absolute atomic E-state index is 0.0603. The summed E-state index contributed by atoms with van der Waals surface area (Å²) in [6.45, 7) is 3.54. The molecule has 0 fully saturated rings. The number of hydrogen-bond donors (Lipinski definition) is 2. The van der Waals surface area contributed by atoms with E-state index >= 15 is 0 Å². The molecule has 1 heterocycles. The molecule has 0 aliphatic carbocycles. The van der Waals surface area contributed by atoms with Gasteiger partial charge >= 0.3 is 0 Å². The molecule has 2 N–H and O–H groups in total. The van der Waals surface area contributed by atoms with Crippen LogP contribution in [0.5, 0.6) is 5.75 Å². The number of rotatable bonds is 4. The molecule has 5 heteroatoms. The molecule has 0 amide bonds. The van der Waals surface area contributed by atoms with E-state index in [4.69, 9.17) is 0 Å². The van der Waals surface area contributed by atoms with Crippen molar-refractivity contribution < 1.29 is 9.90 Å². The predicted molar refractivity (Wildman–Crippen MR) is 64.2 cm³/mol. The van der Waals surface area contributed by atoms with Gasteiger partial charge in [0.2, 0.25) is 0 Å². The van der Waals surface area contributed by atoms with Crippen molar-refractivity contribution in [1.29, 1.82) is 0 Å². The van der Waals surface area contributed by atoms with Gasteiger partial charge in [-0.15, -0.1) is 0 Å². The monoisotopic (exact) mass is 233 g/mol. The summed E-state index contributed by atoms with van der Waals surface area (Å²) in [7, 11) is 0. The molecule has 0 unspecified atom stereocenters. The van der Waals surface area contributed by atoms with E-state index in [-0.39, 0.29) is 11.5 Å². The first kappa shape index (κ1) is 11.6. The summed E-state index contributed by atoms with van der Waals surface area (Å²) in [5.74, 6) is -0.201. The number of benzene rings is 1. The van der Waals surface area contributed by atoms with Crippen LogP contribution in [-0.2, 0) is 6.42 Å². The molecule has 90 valence electrons. The largest absolute Gasteiger partial charge is 0.505 e. The fraction of sp³-hybridized carbons (Fsp3) is 0.417. The van der Waals surface area contributed by atoms with Crippen LogP contribution in [0.1, 0.15) is 42.6 Å². The summed E-state index contributed by atoms with van der Waals surface area (Å²) in [6, 6.07) is 1.82. The highest BCUT2D eigenvalue weighted by molar-refractivity contribution is 6.03. The molecule has 0 aliphatic rings. The SMILES string of the molecule is CCCCc1cc2n[nH]nc2c(O)c1C(C)=O. The number of carbonyl (C=O) groups excluding carboxylic acids is 1. The molecule has 0 aliphatic heterocycles. The Kier molecular flexibility index (Phi) is 3.08. The zero-order chi connectivity index (χ0) is 12.4. The van der Waals surface area contributed by atoms with Gasteiger partial charge in [0.05, 0.1) is 5.56 Å². The summed E-state index contributed by atoms with van der Waals surface area (Å²) in [4.78, 5) is 11.6. The number of phenols is 1. The number of hydrogen-bond acceptors (Lipinski definition) is 4. The first-order chi connectivity index (χ1) is 8.15. The van der Waals surface area contributed by atoms with Crippen molar-refractivity contribution in [3.05, 3.63) is 17.2 Å². The lowest BCUT2D eigenvalue weighted by molar-refractivity contribution is 0.101.